The normalized spacial score (nSPS) is 11.2. The van der Waals surface area contributed by atoms with Crippen LogP contribution in [0.2, 0.25) is 0 Å². The molecule has 2 aromatic rings. The summed E-state index contributed by atoms with van der Waals surface area (Å²) in [6.45, 7) is 4.61. The first-order valence-electron chi connectivity index (χ1n) is 7.17. The summed E-state index contributed by atoms with van der Waals surface area (Å²) in [5, 5.41) is 15.1. The number of nitrogens with one attached hydrogen (secondary N) is 2. The largest absolute Gasteiger partial charge is 0.396 e. The van der Waals surface area contributed by atoms with E-state index in [2.05, 4.69) is 15.6 Å². The summed E-state index contributed by atoms with van der Waals surface area (Å²) in [4.78, 5) is 17.1. The third-order valence-electron chi connectivity index (χ3n) is 3.30. The molecule has 2 rings (SSSR count). The zero-order valence-corrected chi connectivity index (χ0v) is 13.6. The van der Waals surface area contributed by atoms with Gasteiger partial charge in [0, 0.05) is 19.3 Å². The van der Waals surface area contributed by atoms with Crippen LogP contribution in [-0.2, 0) is 0 Å². The van der Waals surface area contributed by atoms with Crippen molar-refractivity contribution in [3.8, 4) is 10.4 Å². The van der Waals surface area contributed by atoms with Crippen LogP contribution in [0.15, 0.2) is 36.5 Å². The van der Waals surface area contributed by atoms with Gasteiger partial charge in [0.05, 0.1) is 4.88 Å². The van der Waals surface area contributed by atoms with Crippen LogP contribution >= 0.6 is 11.3 Å². The van der Waals surface area contributed by atoms with Crippen molar-refractivity contribution >= 4 is 22.5 Å². The fourth-order valence-corrected chi connectivity index (χ4v) is 2.74. The molecule has 0 bridgehead atoms. The Morgan fingerprint density at radius 1 is 1.32 bits per heavy atom. The fourth-order valence-electron chi connectivity index (χ4n) is 1.92. The summed E-state index contributed by atoms with van der Waals surface area (Å²) in [6, 6.07) is 9.64. The van der Waals surface area contributed by atoms with Crippen LogP contribution in [-0.4, -0.2) is 29.3 Å². The highest BCUT2D eigenvalue weighted by Crippen LogP contribution is 2.28. The van der Waals surface area contributed by atoms with E-state index in [4.69, 9.17) is 5.11 Å². The Balaban J connectivity index is 1.89. The van der Waals surface area contributed by atoms with Crippen molar-refractivity contribution in [3.05, 3.63) is 36.5 Å². The van der Waals surface area contributed by atoms with Crippen molar-refractivity contribution in [1.82, 2.24) is 10.3 Å². The Kier molecular flexibility index (Phi) is 5.51. The molecule has 5 nitrogen and oxygen atoms in total. The standard InChI is InChI=1S/C16H21N3O2S/c1-16(2,8-9-20)11-18-14(21)19-15-17-10-13(22-15)12-6-4-3-5-7-12/h3-7,10,20H,8-9,11H2,1-2H3,(H2,17,18,19,21). The Morgan fingerprint density at radius 3 is 2.73 bits per heavy atom. The molecule has 3 N–H and O–H groups in total. The highest BCUT2D eigenvalue weighted by molar-refractivity contribution is 7.19. The molecule has 0 radical (unpaired) electrons. The van der Waals surface area contributed by atoms with Crippen molar-refractivity contribution in [1.29, 1.82) is 0 Å². The molecule has 22 heavy (non-hydrogen) atoms. The number of hydrogen-bond donors (Lipinski definition) is 3. The maximum atomic E-state index is 11.9. The van der Waals surface area contributed by atoms with Crippen molar-refractivity contribution in [2.24, 2.45) is 5.41 Å². The molecule has 0 spiro atoms. The number of nitrogens with zero attached hydrogens (tertiary/aromatic N) is 1. The second-order valence-corrected chi connectivity index (χ2v) is 6.87. The van der Waals surface area contributed by atoms with E-state index in [-0.39, 0.29) is 18.1 Å². The molecule has 0 atom stereocenters. The van der Waals surface area contributed by atoms with E-state index in [9.17, 15) is 4.79 Å². The Hall–Kier alpha value is -1.92. The van der Waals surface area contributed by atoms with Gasteiger partial charge in [-0.3, -0.25) is 5.32 Å². The molecule has 1 aromatic carbocycles. The topological polar surface area (TPSA) is 74.2 Å². The summed E-state index contributed by atoms with van der Waals surface area (Å²) in [7, 11) is 0. The highest BCUT2D eigenvalue weighted by Gasteiger charge is 2.18. The average Bonchev–Trinajstić information content (AvgIpc) is 2.95. The molecule has 0 aliphatic carbocycles. The lowest BCUT2D eigenvalue weighted by molar-refractivity contribution is 0.204. The minimum Gasteiger partial charge on any atom is -0.396 e. The Bertz CT molecular complexity index is 611. The monoisotopic (exact) mass is 319 g/mol. The Labute approximate surface area is 134 Å². The van der Waals surface area contributed by atoms with Crippen molar-refractivity contribution in [2.45, 2.75) is 20.3 Å². The van der Waals surface area contributed by atoms with Crippen molar-refractivity contribution in [3.63, 3.8) is 0 Å². The van der Waals surface area contributed by atoms with Crippen LogP contribution in [0.25, 0.3) is 10.4 Å². The number of hydrogen-bond acceptors (Lipinski definition) is 4. The van der Waals surface area contributed by atoms with E-state index >= 15 is 0 Å². The van der Waals surface area contributed by atoms with Crippen LogP contribution in [0.3, 0.4) is 0 Å². The molecule has 0 unspecified atom stereocenters. The number of aromatic nitrogens is 1. The molecule has 2 amide bonds. The van der Waals surface area contributed by atoms with Crippen LogP contribution < -0.4 is 10.6 Å². The van der Waals surface area contributed by atoms with Gasteiger partial charge in [0.2, 0.25) is 0 Å². The number of aliphatic hydroxyl groups is 1. The minimum atomic E-state index is -0.278. The predicted molar refractivity (Wildman–Crippen MR) is 90.1 cm³/mol. The highest BCUT2D eigenvalue weighted by atomic mass is 32.1. The second-order valence-electron chi connectivity index (χ2n) is 5.84. The summed E-state index contributed by atoms with van der Waals surface area (Å²) in [5.74, 6) is 0. The van der Waals surface area contributed by atoms with E-state index in [1.807, 2.05) is 44.2 Å². The van der Waals surface area contributed by atoms with E-state index < -0.39 is 0 Å². The van der Waals surface area contributed by atoms with Crippen LogP contribution in [0.1, 0.15) is 20.3 Å². The number of rotatable bonds is 6. The predicted octanol–water partition coefficient (Wildman–Crippen LogP) is 3.34. The summed E-state index contributed by atoms with van der Waals surface area (Å²) in [6.07, 6.45) is 2.40. The number of benzene rings is 1. The molecular weight excluding hydrogens is 298 g/mol. The Morgan fingerprint density at radius 2 is 2.05 bits per heavy atom. The lowest BCUT2D eigenvalue weighted by Crippen LogP contribution is -2.37. The molecule has 0 saturated heterocycles. The maximum absolute atomic E-state index is 11.9. The fraction of sp³-hybridized carbons (Fsp3) is 0.375. The lowest BCUT2D eigenvalue weighted by atomic mass is 9.90. The van der Waals surface area contributed by atoms with Gasteiger partial charge in [-0.15, -0.1) is 0 Å². The molecule has 118 valence electrons. The van der Waals surface area contributed by atoms with E-state index in [1.54, 1.807) is 6.20 Å². The van der Waals surface area contributed by atoms with Gasteiger partial charge in [-0.1, -0.05) is 55.5 Å². The maximum Gasteiger partial charge on any atom is 0.321 e. The molecular formula is C16H21N3O2S. The molecule has 6 heteroatoms. The van der Waals surface area contributed by atoms with Gasteiger partial charge in [0.15, 0.2) is 5.13 Å². The third-order valence-corrected chi connectivity index (χ3v) is 4.26. The van der Waals surface area contributed by atoms with Gasteiger partial charge in [0.25, 0.3) is 0 Å². The van der Waals surface area contributed by atoms with Crippen molar-refractivity contribution < 1.29 is 9.90 Å². The molecule has 0 fully saturated rings. The zero-order chi connectivity index (χ0) is 16.0. The smallest absolute Gasteiger partial charge is 0.321 e. The molecule has 1 aromatic heterocycles. The van der Waals surface area contributed by atoms with E-state index in [0.29, 0.717) is 18.1 Å². The van der Waals surface area contributed by atoms with Crippen LogP contribution in [0.5, 0.6) is 0 Å². The van der Waals surface area contributed by atoms with E-state index in [0.717, 1.165) is 10.4 Å². The SMILES string of the molecule is CC(C)(CCO)CNC(=O)Nc1ncc(-c2ccccc2)s1. The first-order valence-corrected chi connectivity index (χ1v) is 7.99. The summed E-state index contributed by atoms with van der Waals surface area (Å²) in [5.41, 5.74) is 0.946. The minimum absolute atomic E-state index is 0.114. The number of thiazole rings is 1. The lowest BCUT2D eigenvalue weighted by Gasteiger charge is -2.23. The number of amides is 2. The molecule has 0 saturated carbocycles. The number of urea groups is 1. The number of anilines is 1. The van der Waals surface area contributed by atoms with Crippen LogP contribution in [0, 0.1) is 5.41 Å². The molecule has 1 heterocycles. The average molecular weight is 319 g/mol. The number of aliphatic hydroxyl groups excluding tert-OH is 1. The molecule has 0 aliphatic heterocycles. The molecule has 0 aliphatic rings. The van der Waals surface area contributed by atoms with Crippen LogP contribution in [0.4, 0.5) is 9.93 Å². The van der Waals surface area contributed by atoms with E-state index in [1.165, 1.54) is 11.3 Å². The first kappa shape index (κ1) is 16.5. The number of carbonyl (C=O) groups excluding carboxylic acids is 1. The zero-order valence-electron chi connectivity index (χ0n) is 12.8. The van der Waals surface area contributed by atoms with Gasteiger partial charge < -0.3 is 10.4 Å². The van der Waals surface area contributed by atoms with Gasteiger partial charge in [-0.05, 0) is 17.4 Å². The van der Waals surface area contributed by atoms with Crippen molar-refractivity contribution in [2.75, 3.05) is 18.5 Å². The van der Waals surface area contributed by atoms with Gasteiger partial charge >= 0.3 is 6.03 Å². The van der Waals surface area contributed by atoms with Gasteiger partial charge in [0.1, 0.15) is 0 Å². The quantitative estimate of drug-likeness (QED) is 0.764. The summed E-state index contributed by atoms with van der Waals surface area (Å²) < 4.78 is 0. The number of carbonyl (C=O) groups is 1. The summed E-state index contributed by atoms with van der Waals surface area (Å²) >= 11 is 1.43. The third kappa shape index (κ3) is 4.82. The first-order chi connectivity index (χ1) is 10.5. The second kappa shape index (κ2) is 7.38. The van der Waals surface area contributed by atoms with Gasteiger partial charge in [-0.25, -0.2) is 9.78 Å². The van der Waals surface area contributed by atoms with Gasteiger partial charge in [-0.2, -0.15) is 0 Å².